The summed E-state index contributed by atoms with van der Waals surface area (Å²) in [4.78, 5) is 11.9. The Kier molecular flexibility index (Phi) is 3.12. The van der Waals surface area contributed by atoms with Crippen molar-refractivity contribution in [2.75, 3.05) is 12.3 Å². The second-order valence-corrected chi connectivity index (χ2v) is 4.43. The van der Waals surface area contributed by atoms with Crippen LogP contribution in [0.5, 0.6) is 0 Å². The van der Waals surface area contributed by atoms with E-state index in [1.54, 1.807) is 7.05 Å². The highest BCUT2D eigenvalue weighted by atomic mass is 16.2. The average Bonchev–Trinajstić information content (AvgIpc) is 2.86. The van der Waals surface area contributed by atoms with Gasteiger partial charge in [-0.3, -0.25) is 9.48 Å². The van der Waals surface area contributed by atoms with E-state index in [-0.39, 0.29) is 5.91 Å². The highest BCUT2D eigenvalue weighted by Gasteiger charge is 2.18. The van der Waals surface area contributed by atoms with Gasteiger partial charge in [0.2, 0.25) is 0 Å². The maximum Gasteiger partial charge on any atom is 0.271 e. The molecule has 0 bridgehead atoms. The number of nitrogens with two attached hydrogens (primary N) is 1. The van der Waals surface area contributed by atoms with Crippen LogP contribution in [-0.2, 0) is 7.05 Å². The van der Waals surface area contributed by atoms with Gasteiger partial charge in [-0.1, -0.05) is 12.8 Å². The highest BCUT2D eigenvalue weighted by Crippen LogP contribution is 2.23. The SMILES string of the molecule is Cn1ncc(N)c1C(=O)NCC1CCCC1. The number of nitrogens with one attached hydrogen (secondary N) is 1. The molecule has 1 fully saturated rings. The van der Waals surface area contributed by atoms with Crippen LogP contribution >= 0.6 is 0 Å². The monoisotopic (exact) mass is 222 g/mol. The van der Waals surface area contributed by atoms with Crippen molar-refractivity contribution in [1.29, 1.82) is 0 Å². The average molecular weight is 222 g/mol. The van der Waals surface area contributed by atoms with E-state index in [0.29, 0.717) is 17.3 Å². The molecule has 1 aliphatic carbocycles. The van der Waals surface area contributed by atoms with Crippen LogP contribution in [0.2, 0.25) is 0 Å². The molecular weight excluding hydrogens is 204 g/mol. The Hall–Kier alpha value is -1.52. The predicted octanol–water partition coefficient (Wildman–Crippen LogP) is 0.922. The van der Waals surface area contributed by atoms with Gasteiger partial charge in [-0.2, -0.15) is 5.10 Å². The van der Waals surface area contributed by atoms with Crippen molar-refractivity contribution in [2.24, 2.45) is 13.0 Å². The zero-order chi connectivity index (χ0) is 11.5. The Balaban J connectivity index is 1.92. The number of hydrogen-bond donors (Lipinski definition) is 2. The lowest BCUT2D eigenvalue weighted by atomic mass is 10.1. The van der Waals surface area contributed by atoms with Crippen molar-refractivity contribution in [2.45, 2.75) is 25.7 Å². The van der Waals surface area contributed by atoms with Gasteiger partial charge in [-0.25, -0.2) is 0 Å². The molecule has 16 heavy (non-hydrogen) atoms. The Labute approximate surface area is 95.0 Å². The Morgan fingerprint density at radius 1 is 1.62 bits per heavy atom. The van der Waals surface area contributed by atoms with E-state index in [0.717, 1.165) is 6.54 Å². The van der Waals surface area contributed by atoms with Crippen molar-refractivity contribution in [3.63, 3.8) is 0 Å². The normalized spacial score (nSPS) is 16.6. The number of carbonyl (C=O) groups is 1. The third kappa shape index (κ3) is 2.18. The van der Waals surface area contributed by atoms with Crippen LogP contribution in [0.25, 0.3) is 0 Å². The molecule has 0 aromatic carbocycles. The first kappa shape index (κ1) is 11.0. The van der Waals surface area contributed by atoms with Crippen molar-refractivity contribution in [3.8, 4) is 0 Å². The third-order valence-electron chi connectivity index (χ3n) is 3.21. The molecule has 0 atom stereocenters. The number of nitrogens with zero attached hydrogens (tertiary/aromatic N) is 2. The van der Waals surface area contributed by atoms with E-state index in [1.807, 2.05) is 0 Å². The van der Waals surface area contributed by atoms with Gasteiger partial charge in [0.05, 0.1) is 11.9 Å². The molecule has 5 nitrogen and oxygen atoms in total. The second-order valence-electron chi connectivity index (χ2n) is 4.43. The molecule has 88 valence electrons. The first-order chi connectivity index (χ1) is 7.68. The van der Waals surface area contributed by atoms with Crippen molar-refractivity contribution in [1.82, 2.24) is 15.1 Å². The number of aryl methyl sites for hydroxylation is 1. The van der Waals surface area contributed by atoms with Crippen LogP contribution in [0.1, 0.15) is 36.2 Å². The summed E-state index contributed by atoms with van der Waals surface area (Å²) in [5.74, 6) is 0.516. The summed E-state index contributed by atoms with van der Waals surface area (Å²) in [6, 6.07) is 0. The van der Waals surface area contributed by atoms with Crippen molar-refractivity contribution < 1.29 is 4.79 Å². The summed E-state index contributed by atoms with van der Waals surface area (Å²) < 4.78 is 1.51. The number of anilines is 1. The molecular formula is C11H18N4O. The van der Waals surface area contributed by atoms with Gasteiger partial charge in [0.25, 0.3) is 5.91 Å². The number of carbonyl (C=O) groups excluding carboxylic acids is 1. The van der Waals surface area contributed by atoms with Gasteiger partial charge in [-0.15, -0.1) is 0 Å². The minimum atomic E-state index is -0.121. The number of rotatable bonds is 3. The van der Waals surface area contributed by atoms with E-state index < -0.39 is 0 Å². The molecule has 1 aromatic rings. The molecule has 0 saturated heterocycles. The number of aromatic nitrogens is 2. The van der Waals surface area contributed by atoms with Crippen LogP contribution in [0.15, 0.2) is 6.20 Å². The van der Waals surface area contributed by atoms with Gasteiger partial charge in [0.1, 0.15) is 5.69 Å². The van der Waals surface area contributed by atoms with Gasteiger partial charge < -0.3 is 11.1 Å². The number of nitrogen functional groups attached to an aromatic ring is 1. The minimum absolute atomic E-state index is 0.121. The lowest BCUT2D eigenvalue weighted by Crippen LogP contribution is -2.30. The van der Waals surface area contributed by atoms with Crippen LogP contribution in [0, 0.1) is 5.92 Å². The summed E-state index contributed by atoms with van der Waals surface area (Å²) in [6.45, 7) is 0.753. The van der Waals surface area contributed by atoms with Crippen LogP contribution < -0.4 is 11.1 Å². The molecule has 5 heteroatoms. The van der Waals surface area contributed by atoms with E-state index in [9.17, 15) is 4.79 Å². The fourth-order valence-electron chi connectivity index (χ4n) is 2.27. The molecule has 2 rings (SSSR count). The topological polar surface area (TPSA) is 72.9 Å². The Morgan fingerprint density at radius 2 is 2.31 bits per heavy atom. The summed E-state index contributed by atoms with van der Waals surface area (Å²) in [6.07, 6.45) is 6.52. The number of amides is 1. The Bertz CT molecular complexity index is 360. The van der Waals surface area contributed by atoms with E-state index in [2.05, 4.69) is 10.4 Å². The summed E-state index contributed by atoms with van der Waals surface area (Å²) in [7, 11) is 1.72. The van der Waals surface area contributed by atoms with E-state index in [4.69, 9.17) is 5.73 Å². The van der Waals surface area contributed by atoms with Crippen molar-refractivity contribution >= 4 is 11.6 Å². The molecule has 0 aliphatic heterocycles. The number of hydrogen-bond acceptors (Lipinski definition) is 3. The predicted molar refractivity (Wildman–Crippen MR) is 61.9 cm³/mol. The minimum Gasteiger partial charge on any atom is -0.396 e. The molecule has 1 saturated carbocycles. The van der Waals surface area contributed by atoms with Gasteiger partial charge >= 0.3 is 0 Å². The maximum atomic E-state index is 11.9. The molecule has 0 unspecified atom stereocenters. The third-order valence-corrected chi connectivity index (χ3v) is 3.21. The zero-order valence-electron chi connectivity index (χ0n) is 9.57. The van der Waals surface area contributed by atoms with Crippen LogP contribution in [-0.4, -0.2) is 22.2 Å². The lowest BCUT2D eigenvalue weighted by molar-refractivity contribution is 0.0939. The zero-order valence-corrected chi connectivity index (χ0v) is 9.57. The molecule has 1 aromatic heterocycles. The molecule has 1 amide bonds. The summed E-state index contributed by atoms with van der Waals surface area (Å²) >= 11 is 0. The fourth-order valence-corrected chi connectivity index (χ4v) is 2.27. The summed E-state index contributed by atoms with van der Waals surface area (Å²) in [5, 5.41) is 6.88. The highest BCUT2D eigenvalue weighted by molar-refractivity contribution is 5.97. The second kappa shape index (κ2) is 4.55. The fraction of sp³-hybridized carbons (Fsp3) is 0.636. The van der Waals surface area contributed by atoms with Crippen molar-refractivity contribution in [3.05, 3.63) is 11.9 Å². The molecule has 3 N–H and O–H groups in total. The largest absolute Gasteiger partial charge is 0.396 e. The smallest absolute Gasteiger partial charge is 0.271 e. The molecule has 1 aliphatic rings. The molecule has 0 radical (unpaired) electrons. The molecule has 0 spiro atoms. The standard InChI is InChI=1S/C11H18N4O/c1-15-10(9(12)7-14-15)11(16)13-6-8-4-2-3-5-8/h7-8H,2-6,12H2,1H3,(H,13,16). The first-order valence-electron chi connectivity index (χ1n) is 5.74. The quantitative estimate of drug-likeness (QED) is 0.798. The maximum absolute atomic E-state index is 11.9. The Morgan fingerprint density at radius 3 is 2.88 bits per heavy atom. The van der Waals surface area contributed by atoms with Crippen LogP contribution in [0.3, 0.4) is 0 Å². The lowest BCUT2D eigenvalue weighted by Gasteiger charge is -2.10. The first-order valence-corrected chi connectivity index (χ1v) is 5.74. The van der Waals surface area contributed by atoms with Gasteiger partial charge in [0.15, 0.2) is 0 Å². The van der Waals surface area contributed by atoms with Crippen LogP contribution in [0.4, 0.5) is 5.69 Å². The van der Waals surface area contributed by atoms with Gasteiger partial charge in [-0.05, 0) is 18.8 Å². The van der Waals surface area contributed by atoms with E-state index in [1.165, 1.54) is 36.6 Å². The van der Waals surface area contributed by atoms with Gasteiger partial charge in [0, 0.05) is 13.6 Å². The van der Waals surface area contributed by atoms with E-state index >= 15 is 0 Å². The molecule has 1 heterocycles. The summed E-state index contributed by atoms with van der Waals surface area (Å²) in [5.41, 5.74) is 6.57.